The van der Waals surface area contributed by atoms with E-state index < -0.39 is 23.1 Å². The van der Waals surface area contributed by atoms with Crippen molar-refractivity contribution in [2.24, 2.45) is 0 Å². The maximum absolute atomic E-state index is 12.0. The van der Waals surface area contributed by atoms with Crippen molar-refractivity contribution in [3.63, 3.8) is 0 Å². The lowest BCUT2D eigenvalue weighted by Gasteiger charge is -2.29. The van der Waals surface area contributed by atoms with Gasteiger partial charge in [-0.15, -0.1) is 11.3 Å². The quantitative estimate of drug-likeness (QED) is 0.649. The molecule has 0 saturated carbocycles. The van der Waals surface area contributed by atoms with Gasteiger partial charge < -0.3 is 15.2 Å². The van der Waals surface area contributed by atoms with E-state index in [1.807, 2.05) is 0 Å². The highest BCUT2D eigenvalue weighted by Crippen LogP contribution is 2.23. The molecular formula is C12H17NO4S. The molecule has 1 rings (SSSR count). The zero-order valence-corrected chi connectivity index (χ0v) is 11.6. The summed E-state index contributed by atoms with van der Waals surface area (Å²) in [5, 5.41) is 14.3. The fourth-order valence-corrected chi connectivity index (χ4v) is 1.89. The van der Waals surface area contributed by atoms with E-state index in [0.717, 1.165) is 0 Å². The minimum atomic E-state index is -1.79. The van der Waals surface area contributed by atoms with Crippen molar-refractivity contribution in [2.75, 3.05) is 5.32 Å². The van der Waals surface area contributed by atoms with Crippen molar-refractivity contribution in [1.29, 1.82) is 0 Å². The van der Waals surface area contributed by atoms with Gasteiger partial charge in [0.05, 0.1) is 5.00 Å². The Morgan fingerprint density at radius 1 is 1.33 bits per heavy atom. The minimum Gasteiger partial charge on any atom is -0.479 e. The highest BCUT2D eigenvalue weighted by Gasteiger charge is 2.45. The van der Waals surface area contributed by atoms with Gasteiger partial charge in [0.1, 0.15) is 5.60 Å². The highest BCUT2D eigenvalue weighted by atomic mass is 32.1. The van der Waals surface area contributed by atoms with Gasteiger partial charge in [0, 0.05) is 0 Å². The third-order valence-corrected chi connectivity index (χ3v) is 2.91. The number of nitrogens with one attached hydrogen (secondary N) is 1. The molecule has 0 radical (unpaired) electrons. The molecule has 1 aromatic rings. The zero-order chi connectivity index (χ0) is 14.0. The van der Waals surface area contributed by atoms with Crippen molar-refractivity contribution in [3.8, 4) is 0 Å². The Hall–Kier alpha value is -1.56. The number of anilines is 1. The van der Waals surface area contributed by atoms with Crippen LogP contribution in [0.3, 0.4) is 0 Å². The zero-order valence-electron chi connectivity index (χ0n) is 10.8. The number of carbonyl (C=O) groups is 2. The molecule has 0 bridgehead atoms. The van der Waals surface area contributed by atoms with Crippen LogP contribution in [0.5, 0.6) is 0 Å². The minimum absolute atomic E-state index is 0.603. The Balaban J connectivity index is 2.93. The van der Waals surface area contributed by atoms with Crippen molar-refractivity contribution in [2.45, 2.75) is 38.8 Å². The first-order valence-corrected chi connectivity index (χ1v) is 6.31. The van der Waals surface area contributed by atoms with E-state index in [9.17, 15) is 14.7 Å². The predicted octanol–water partition coefficient (Wildman–Crippen LogP) is 2.34. The van der Waals surface area contributed by atoms with Crippen LogP contribution in [0.25, 0.3) is 0 Å². The standard InChI is InChI=1S/C12H17NO4S/c1-11(2,3)17-10(16)12(4,9(14)15)13-8-6-5-7-18-8/h5-7,13H,1-4H3,(H,14,15)/t12-/m1/s1. The van der Waals surface area contributed by atoms with Gasteiger partial charge in [0.25, 0.3) is 0 Å². The third kappa shape index (κ3) is 3.46. The fraction of sp³-hybridized carbons (Fsp3) is 0.500. The van der Waals surface area contributed by atoms with Gasteiger partial charge in [-0.2, -0.15) is 0 Å². The third-order valence-electron chi connectivity index (χ3n) is 2.13. The largest absolute Gasteiger partial charge is 0.479 e. The number of thiophene rings is 1. The molecule has 0 aromatic carbocycles. The Labute approximate surface area is 110 Å². The molecule has 0 aliphatic carbocycles. The Kier molecular flexibility index (Phi) is 4.01. The summed E-state index contributed by atoms with van der Waals surface area (Å²) in [6.45, 7) is 6.37. The number of carbonyl (C=O) groups excluding carboxylic acids is 1. The lowest BCUT2D eigenvalue weighted by atomic mass is 10.0. The summed E-state index contributed by atoms with van der Waals surface area (Å²) in [5.74, 6) is -2.08. The molecule has 5 nitrogen and oxygen atoms in total. The molecule has 100 valence electrons. The van der Waals surface area contributed by atoms with E-state index >= 15 is 0 Å². The molecule has 18 heavy (non-hydrogen) atoms. The van der Waals surface area contributed by atoms with E-state index in [-0.39, 0.29) is 0 Å². The molecule has 6 heteroatoms. The van der Waals surface area contributed by atoms with E-state index in [4.69, 9.17) is 4.74 Å². The van der Waals surface area contributed by atoms with Gasteiger partial charge in [-0.1, -0.05) is 0 Å². The van der Waals surface area contributed by atoms with Gasteiger partial charge in [0.15, 0.2) is 0 Å². The van der Waals surface area contributed by atoms with Gasteiger partial charge >= 0.3 is 11.9 Å². The van der Waals surface area contributed by atoms with E-state index in [0.29, 0.717) is 5.00 Å². The number of hydrogen-bond acceptors (Lipinski definition) is 5. The molecule has 1 aromatic heterocycles. The lowest BCUT2D eigenvalue weighted by molar-refractivity contribution is -0.166. The molecular weight excluding hydrogens is 254 g/mol. The second-order valence-electron chi connectivity index (χ2n) is 5.03. The summed E-state index contributed by atoms with van der Waals surface area (Å²) in [5.41, 5.74) is -2.52. The van der Waals surface area contributed by atoms with Crippen LogP contribution < -0.4 is 5.32 Å². The lowest BCUT2D eigenvalue weighted by Crippen LogP contribution is -2.53. The summed E-state index contributed by atoms with van der Waals surface area (Å²) in [4.78, 5) is 23.3. The maximum Gasteiger partial charge on any atom is 0.343 e. The molecule has 0 amide bonds. The summed E-state index contributed by atoms with van der Waals surface area (Å²) in [6.07, 6.45) is 0. The van der Waals surface area contributed by atoms with Crippen LogP contribution in [0.4, 0.5) is 5.00 Å². The van der Waals surface area contributed by atoms with Gasteiger partial charge in [-0.25, -0.2) is 9.59 Å². The topological polar surface area (TPSA) is 75.6 Å². The number of carboxylic acids is 1. The van der Waals surface area contributed by atoms with Crippen molar-refractivity contribution < 1.29 is 19.4 Å². The first kappa shape index (κ1) is 14.5. The predicted molar refractivity (Wildman–Crippen MR) is 69.8 cm³/mol. The normalized spacial score (nSPS) is 14.7. The average molecular weight is 271 g/mol. The van der Waals surface area contributed by atoms with E-state index in [1.54, 1.807) is 38.3 Å². The van der Waals surface area contributed by atoms with Gasteiger partial charge in [-0.05, 0) is 45.2 Å². The maximum atomic E-state index is 12.0. The molecule has 0 aliphatic heterocycles. The van der Waals surface area contributed by atoms with E-state index in [1.165, 1.54) is 18.3 Å². The van der Waals surface area contributed by atoms with Crippen LogP contribution in [0.15, 0.2) is 17.5 Å². The molecule has 0 spiro atoms. The number of ether oxygens (including phenoxy) is 1. The number of esters is 1. The van der Waals surface area contributed by atoms with Crippen LogP contribution in [-0.2, 0) is 14.3 Å². The molecule has 0 saturated heterocycles. The Morgan fingerprint density at radius 2 is 1.94 bits per heavy atom. The number of aliphatic carboxylic acids is 1. The van der Waals surface area contributed by atoms with Gasteiger partial charge in [0.2, 0.25) is 5.54 Å². The highest BCUT2D eigenvalue weighted by molar-refractivity contribution is 7.14. The summed E-state index contributed by atoms with van der Waals surface area (Å²) in [7, 11) is 0. The van der Waals surface area contributed by atoms with Crippen molar-refractivity contribution in [1.82, 2.24) is 0 Å². The number of hydrogen-bond donors (Lipinski definition) is 2. The molecule has 2 N–H and O–H groups in total. The SMILES string of the molecule is CC(C)(C)OC(=O)[C@](C)(Nc1cccs1)C(=O)O. The smallest absolute Gasteiger partial charge is 0.343 e. The summed E-state index contributed by atoms with van der Waals surface area (Å²) < 4.78 is 5.14. The number of carboxylic acid groups (broad SMARTS) is 1. The molecule has 1 heterocycles. The summed E-state index contributed by atoms with van der Waals surface area (Å²) >= 11 is 1.32. The first-order chi connectivity index (χ1) is 8.15. The van der Waals surface area contributed by atoms with Crippen LogP contribution >= 0.6 is 11.3 Å². The molecule has 0 unspecified atom stereocenters. The van der Waals surface area contributed by atoms with Crippen LogP contribution in [-0.4, -0.2) is 28.2 Å². The van der Waals surface area contributed by atoms with Crippen LogP contribution in [0.2, 0.25) is 0 Å². The van der Waals surface area contributed by atoms with Crippen LogP contribution in [0, 0.1) is 0 Å². The van der Waals surface area contributed by atoms with Crippen molar-refractivity contribution >= 4 is 28.3 Å². The molecule has 0 fully saturated rings. The Morgan fingerprint density at radius 3 is 2.33 bits per heavy atom. The molecule has 1 atom stereocenters. The summed E-state index contributed by atoms with van der Waals surface area (Å²) in [6, 6.07) is 3.47. The first-order valence-electron chi connectivity index (χ1n) is 5.44. The monoisotopic (exact) mass is 271 g/mol. The second kappa shape index (κ2) is 4.97. The van der Waals surface area contributed by atoms with Crippen LogP contribution in [0.1, 0.15) is 27.7 Å². The van der Waals surface area contributed by atoms with Crippen molar-refractivity contribution in [3.05, 3.63) is 17.5 Å². The average Bonchev–Trinajstić information content (AvgIpc) is 2.66. The fourth-order valence-electron chi connectivity index (χ4n) is 1.17. The Bertz CT molecular complexity index is 435. The van der Waals surface area contributed by atoms with Gasteiger partial charge in [-0.3, -0.25) is 0 Å². The van der Waals surface area contributed by atoms with E-state index in [2.05, 4.69) is 5.32 Å². The number of rotatable bonds is 4. The second-order valence-corrected chi connectivity index (χ2v) is 5.98. The molecule has 0 aliphatic rings.